The fraction of sp³-hybridized carbons (Fsp3) is 0.286. The Bertz CT molecular complexity index is 160. The van der Waals surface area contributed by atoms with E-state index in [1.54, 1.807) is 6.07 Å². The second-order valence-electron chi connectivity index (χ2n) is 1.79. The van der Waals surface area contributed by atoms with Gasteiger partial charge in [-0.2, -0.15) is 0 Å². The van der Waals surface area contributed by atoms with E-state index in [0.717, 1.165) is 12.2 Å². The first kappa shape index (κ1) is 6.23. The van der Waals surface area contributed by atoms with E-state index in [1.165, 1.54) is 0 Å². The van der Waals surface area contributed by atoms with Gasteiger partial charge in [-0.05, 0) is 19.2 Å². The maximum absolute atomic E-state index is 3.98. The molecule has 0 aliphatic heterocycles. The first-order valence-electron chi connectivity index (χ1n) is 2.90. The number of hydrogen-bond donors (Lipinski definition) is 1. The zero-order valence-corrected chi connectivity index (χ0v) is 5.39. The molecule has 0 saturated carbocycles. The van der Waals surface area contributed by atoms with E-state index in [2.05, 4.69) is 16.5 Å². The summed E-state index contributed by atoms with van der Waals surface area (Å²) in [5.41, 5.74) is 1.03. The second-order valence-corrected chi connectivity index (χ2v) is 1.79. The highest BCUT2D eigenvalue weighted by atomic mass is 14.8. The van der Waals surface area contributed by atoms with Crippen LogP contribution in [0.4, 0.5) is 0 Å². The Morgan fingerprint density at radius 3 is 3.22 bits per heavy atom. The number of nitrogens with zero attached hydrogens (tertiary/aromatic N) is 1. The number of pyridine rings is 1. The standard InChI is InChI=1S/C7H9N2/c1-8-6-7-4-2-3-5-9-7/h2-4,8H,6H2,1H3. The predicted molar refractivity (Wildman–Crippen MR) is 35.8 cm³/mol. The third-order valence-corrected chi connectivity index (χ3v) is 1.03. The van der Waals surface area contributed by atoms with Crippen LogP contribution in [0.25, 0.3) is 0 Å². The summed E-state index contributed by atoms with van der Waals surface area (Å²) in [6.45, 7) is 0.817. The average Bonchev–Trinajstić information content (AvgIpc) is 1.91. The lowest BCUT2D eigenvalue weighted by Crippen LogP contribution is -2.05. The number of rotatable bonds is 2. The van der Waals surface area contributed by atoms with Gasteiger partial charge in [0.1, 0.15) is 0 Å². The van der Waals surface area contributed by atoms with Gasteiger partial charge in [0.25, 0.3) is 0 Å². The van der Waals surface area contributed by atoms with Gasteiger partial charge < -0.3 is 5.32 Å². The van der Waals surface area contributed by atoms with Crippen LogP contribution in [0.1, 0.15) is 5.69 Å². The smallest absolute Gasteiger partial charge is 0.0890 e. The minimum Gasteiger partial charge on any atom is -0.314 e. The Labute approximate surface area is 54.9 Å². The molecule has 0 saturated heterocycles. The molecule has 0 amide bonds. The van der Waals surface area contributed by atoms with E-state index in [-0.39, 0.29) is 0 Å². The van der Waals surface area contributed by atoms with Gasteiger partial charge >= 0.3 is 0 Å². The van der Waals surface area contributed by atoms with Crippen molar-refractivity contribution in [3.05, 3.63) is 30.1 Å². The minimum atomic E-state index is 0.817. The average molecular weight is 121 g/mol. The van der Waals surface area contributed by atoms with Crippen LogP contribution >= 0.6 is 0 Å². The number of nitrogens with one attached hydrogen (secondary N) is 1. The number of hydrogen-bond acceptors (Lipinski definition) is 2. The summed E-state index contributed by atoms with van der Waals surface area (Å²) in [5.74, 6) is 0. The predicted octanol–water partition coefficient (Wildman–Crippen LogP) is 0.601. The Balaban J connectivity index is 2.61. The van der Waals surface area contributed by atoms with E-state index >= 15 is 0 Å². The van der Waals surface area contributed by atoms with Crippen LogP contribution in [-0.4, -0.2) is 12.0 Å². The molecule has 1 heterocycles. The molecule has 0 aliphatic rings. The monoisotopic (exact) mass is 121 g/mol. The summed E-state index contributed by atoms with van der Waals surface area (Å²) in [6.07, 6.45) is 2.76. The summed E-state index contributed by atoms with van der Waals surface area (Å²) in [6, 6.07) is 5.69. The van der Waals surface area contributed by atoms with Crippen LogP contribution < -0.4 is 5.32 Å². The molecule has 1 N–H and O–H groups in total. The van der Waals surface area contributed by atoms with Crippen molar-refractivity contribution in [3.63, 3.8) is 0 Å². The fourth-order valence-corrected chi connectivity index (χ4v) is 0.639. The summed E-state index contributed by atoms with van der Waals surface area (Å²) in [5, 5.41) is 3.00. The molecule has 1 rings (SSSR count). The van der Waals surface area contributed by atoms with E-state index in [1.807, 2.05) is 19.2 Å². The van der Waals surface area contributed by atoms with Gasteiger partial charge in [-0.15, -0.1) is 0 Å². The second kappa shape index (κ2) is 3.20. The van der Waals surface area contributed by atoms with Crippen molar-refractivity contribution in [2.75, 3.05) is 7.05 Å². The quantitative estimate of drug-likeness (QED) is 0.619. The molecule has 0 unspecified atom stereocenters. The van der Waals surface area contributed by atoms with Gasteiger partial charge in [0.15, 0.2) is 0 Å². The summed E-state index contributed by atoms with van der Waals surface area (Å²) >= 11 is 0. The molecule has 0 atom stereocenters. The van der Waals surface area contributed by atoms with Crippen LogP contribution in [-0.2, 0) is 6.54 Å². The normalized spacial score (nSPS) is 9.44. The first-order chi connectivity index (χ1) is 4.43. The molecule has 1 aromatic rings. The zero-order chi connectivity index (χ0) is 6.53. The molecule has 9 heavy (non-hydrogen) atoms. The van der Waals surface area contributed by atoms with E-state index in [0.29, 0.717) is 0 Å². The molecule has 2 heteroatoms. The third-order valence-electron chi connectivity index (χ3n) is 1.03. The molecule has 0 aromatic carbocycles. The van der Waals surface area contributed by atoms with E-state index in [9.17, 15) is 0 Å². The van der Waals surface area contributed by atoms with Gasteiger partial charge in [-0.25, -0.2) is 4.98 Å². The van der Waals surface area contributed by atoms with Gasteiger partial charge in [0, 0.05) is 6.54 Å². The minimum absolute atomic E-state index is 0.817. The summed E-state index contributed by atoms with van der Waals surface area (Å²) in [7, 11) is 1.90. The Hall–Kier alpha value is -0.890. The molecular formula is C7H9N2. The highest BCUT2D eigenvalue weighted by molar-refractivity contribution is 5.01. The van der Waals surface area contributed by atoms with Crippen molar-refractivity contribution in [2.45, 2.75) is 6.54 Å². The summed E-state index contributed by atoms with van der Waals surface area (Å²) in [4.78, 5) is 3.98. The fourth-order valence-electron chi connectivity index (χ4n) is 0.639. The highest BCUT2D eigenvalue weighted by Gasteiger charge is 1.85. The highest BCUT2D eigenvalue weighted by Crippen LogP contribution is 1.89. The molecule has 0 fully saturated rings. The van der Waals surface area contributed by atoms with Gasteiger partial charge in [0.2, 0.25) is 0 Å². The van der Waals surface area contributed by atoms with E-state index < -0.39 is 0 Å². The van der Waals surface area contributed by atoms with Crippen molar-refractivity contribution in [1.82, 2.24) is 10.3 Å². The molecule has 1 radical (unpaired) electrons. The largest absolute Gasteiger partial charge is 0.314 e. The van der Waals surface area contributed by atoms with Crippen LogP contribution in [0.3, 0.4) is 0 Å². The van der Waals surface area contributed by atoms with Crippen molar-refractivity contribution in [2.24, 2.45) is 0 Å². The summed E-state index contributed by atoms with van der Waals surface area (Å²) < 4.78 is 0. The van der Waals surface area contributed by atoms with Gasteiger partial charge in [-0.3, -0.25) is 0 Å². The Morgan fingerprint density at radius 2 is 2.67 bits per heavy atom. The Kier molecular flexibility index (Phi) is 2.22. The van der Waals surface area contributed by atoms with Crippen LogP contribution in [0.5, 0.6) is 0 Å². The number of aromatic nitrogens is 1. The topological polar surface area (TPSA) is 24.9 Å². The zero-order valence-electron chi connectivity index (χ0n) is 5.39. The Morgan fingerprint density at radius 1 is 1.78 bits per heavy atom. The van der Waals surface area contributed by atoms with Crippen LogP contribution in [0.15, 0.2) is 18.2 Å². The van der Waals surface area contributed by atoms with Gasteiger partial charge in [-0.1, -0.05) is 6.07 Å². The van der Waals surface area contributed by atoms with Gasteiger partial charge in [0.05, 0.1) is 11.9 Å². The first-order valence-corrected chi connectivity index (χ1v) is 2.90. The van der Waals surface area contributed by atoms with Crippen molar-refractivity contribution < 1.29 is 0 Å². The van der Waals surface area contributed by atoms with Crippen molar-refractivity contribution >= 4 is 0 Å². The molecule has 0 aliphatic carbocycles. The lowest BCUT2D eigenvalue weighted by atomic mass is 10.3. The van der Waals surface area contributed by atoms with Crippen LogP contribution in [0, 0.1) is 6.20 Å². The van der Waals surface area contributed by atoms with Crippen molar-refractivity contribution in [1.29, 1.82) is 0 Å². The lowest BCUT2D eigenvalue weighted by Gasteiger charge is -1.94. The molecular weight excluding hydrogens is 112 g/mol. The molecule has 47 valence electrons. The van der Waals surface area contributed by atoms with E-state index in [4.69, 9.17) is 0 Å². The molecule has 0 bridgehead atoms. The lowest BCUT2D eigenvalue weighted by molar-refractivity contribution is 0.790. The SMILES string of the molecule is CNCc1ccc[c]n1. The van der Waals surface area contributed by atoms with Crippen LogP contribution in [0.2, 0.25) is 0 Å². The van der Waals surface area contributed by atoms with Crippen molar-refractivity contribution in [3.8, 4) is 0 Å². The third kappa shape index (κ3) is 1.82. The molecule has 1 aromatic heterocycles. The maximum atomic E-state index is 3.98. The maximum Gasteiger partial charge on any atom is 0.0890 e. The molecule has 0 spiro atoms. The molecule has 2 nitrogen and oxygen atoms in total.